The predicted molar refractivity (Wildman–Crippen MR) is 81.0 cm³/mol. The molecule has 0 aliphatic rings. The Morgan fingerprint density at radius 3 is 2.29 bits per heavy atom. The summed E-state index contributed by atoms with van der Waals surface area (Å²) < 4.78 is 6.85. The number of alkyl halides is 1. The molecule has 1 aromatic rings. The van der Waals surface area contributed by atoms with E-state index >= 15 is 0 Å². The van der Waals surface area contributed by atoms with Crippen LogP contribution >= 0.6 is 31.9 Å². The first kappa shape index (κ1) is 15.0. The molecule has 0 aliphatic carbocycles. The molecule has 0 spiro atoms. The van der Waals surface area contributed by atoms with Crippen molar-refractivity contribution in [2.24, 2.45) is 11.3 Å². The molecule has 96 valence electrons. The molecule has 1 unspecified atom stereocenters. The monoisotopic (exact) mass is 362 g/mol. The number of halogens is 2. The van der Waals surface area contributed by atoms with Crippen LogP contribution in [0.4, 0.5) is 0 Å². The minimum Gasteiger partial charge on any atom is -0.494 e. The summed E-state index contributed by atoms with van der Waals surface area (Å²) in [6.45, 7) is 7.60. The van der Waals surface area contributed by atoms with Gasteiger partial charge in [0.25, 0.3) is 0 Å². The van der Waals surface area contributed by atoms with Crippen molar-refractivity contribution in [3.05, 3.63) is 28.7 Å². The Morgan fingerprint density at radius 1 is 1.24 bits per heavy atom. The Kier molecular flexibility index (Phi) is 6.01. The van der Waals surface area contributed by atoms with Gasteiger partial charge in [0.05, 0.1) is 6.61 Å². The molecular formula is C14H20Br2O. The molecule has 1 rings (SSSR count). The summed E-state index contributed by atoms with van der Waals surface area (Å²) in [6, 6.07) is 7.98. The fourth-order valence-electron chi connectivity index (χ4n) is 1.44. The summed E-state index contributed by atoms with van der Waals surface area (Å²) in [6.07, 6.45) is 1.06. The van der Waals surface area contributed by atoms with Gasteiger partial charge in [0.2, 0.25) is 0 Å². The fourth-order valence-corrected chi connectivity index (χ4v) is 2.63. The highest BCUT2D eigenvalue weighted by Crippen LogP contribution is 2.33. The van der Waals surface area contributed by atoms with Crippen molar-refractivity contribution in [1.82, 2.24) is 0 Å². The Balaban J connectivity index is 2.44. The van der Waals surface area contributed by atoms with Crippen LogP contribution in [0, 0.1) is 11.3 Å². The van der Waals surface area contributed by atoms with Gasteiger partial charge < -0.3 is 4.74 Å². The molecule has 0 saturated carbocycles. The van der Waals surface area contributed by atoms with E-state index in [0.29, 0.717) is 11.3 Å². The molecule has 0 heterocycles. The molecule has 17 heavy (non-hydrogen) atoms. The van der Waals surface area contributed by atoms with Crippen LogP contribution < -0.4 is 4.74 Å². The van der Waals surface area contributed by atoms with E-state index in [0.717, 1.165) is 28.6 Å². The Bertz CT molecular complexity index is 335. The first-order valence-electron chi connectivity index (χ1n) is 5.92. The summed E-state index contributed by atoms with van der Waals surface area (Å²) in [5.41, 5.74) is 0.301. The Labute approximate surface area is 121 Å². The molecule has 0 saturated heterocycles. The van der Waals surface area contributed by atoms with Gasteiger partial charge in [0.15, 0.2) is 0 Å². The van der Waals surface area contributed by atoms with E-state index < -0.39 is 0 Å². The maximum absolute atomic E-state index is 5.77. The van der Waals surface area contributed by atoms with Crippen LogP contribution in [0.5, 0.6) is 5.75 Å². The molecular weight excluding hydrogens is 344 g/mol. The van der Waals surface area contributed by atoms with Gasteiger partial charge in [0.1, 0.15) is 5.75 Å². The van der Waals surface area contributed by atoms with Crippen molar-refractivity contribution in [3.63, 3.8) is 0 Å². The SMILES string of the molecule is CC(C)C(C)(CBr)CCOc1ccc(Br)cc1. The van der Waals surface area contributed by atoms with E-state index in [1.54, 1.807) is 0 Å². The van der Waals surface area contributed by atoms with Gasteiger partial charge in [-0.3, -0.25) is 0 Å². The van der Waals surface area contributed by atoms with Crippen LogP contribution in [0.1, 0.15) is 27.2 Å². The number of hydrogen-bond acceptors (Lipinski definition) is 1. The number of hydrogen-bond donors (Lipinski definition) is 0. The Hall–Kier alpha value is -0.0200. The van der Waals surface area contributed by atoms with Gasteiger partial charge in [-0.15, -0.1) is 0 Å². The lowest BCUT2D eigenvalue weighted by Crippen LogP contribution is -2.27. The maximum Gasteiger partial charge on any atom is 0.119 e. The van der Waals surface area contributed by atoms with Crippen molar-refractivity contribution in [2.75, 3.05) is 11.9 Å². The molecule has 0 N–H and O–H groups in total. The van der Waals surface area contributed by atoms with E-state index in [2.05, 4.69) is 52.6 Å². The molecule has 1 nitrogen and oxygen atoms in total. The van der Waals surface area contributed by atoms with E-state index in [9.17, 15) is 0 Å². The normalized spacial score (nSPS) is 14.7. The van der Waals surface area contributed by atoms with Crippen LogP contribution in [0.15, 0.2) is 28.7 Å². The second-order valence-corrected chi connectivity index (χ2v) is 6.47. The molecule has 0 bridgehead atoms. The topological polar surface area (TPSA) is 9.23 Å². The van der Waals surface area contributed by atoms with Gasteiger partial charge >= 0.3 is 0 Å². The van der Waals surface area contributed by atoms with Crippen LogP contribution in [0.3, 0.4) is 0 Å². The average molecular weight is 364 g/mol. The largest absolute Gasteiger partial charge is 0.494 e. The number of ether oxygens (including phenoxy) is 1. The second-order valence-electron chi connectivity index (χ2n) is 4.99. The number of benzene rings is 1. The summed E-state index contributed by atoms with van der Waals surface area (Å²) in [7, 11) is 0. The van der Waals surface area contributed by atoms with E-state index in [-0.39, 0.29) is 0 Å². The quantitative estimate of drug-likeness (QED) is 0.625. The molecule has 1 aromatic carbocycles. The van der Waals surface area contributed by atoms with Crippen LogP contribution in [-0.2, 0) is 0 Å². The molecule has 0 fully saturated rings. The third-order valence-corrected chi connectivity index (χ3v) is 5.26. The first-order valence-corrected chi connectivity index (χ1v) is 7.84. The molecule has 0 aromatic heterocycles. The molecule has 0 aliphatic heterocycles. The summed E-state index contributed by atoms with van der Waals surface area (Å²) >= 11 is 7.02. The van der Waals surface area contributed by atoms with Gasteiger partial charge in [-0.1, -0.05) is 52.6 Å². The van der Waals surface area contributed by atoms with Crippen LogP contribution in [0.25, 0.3) is 0 Å². The standard InChI is InChI=1S/C14H20Br2O/c1-11(2)14(3,10-15)8-9-17-13-6-4-12(16)5-7-13/h4-7,11H,8-10H2,1-3H3. The summed E-state index contributed by atoms with van der Waals surface area (Å²) in [5.74, 6) is 1.59. The lowest BCUT2D eigenvalue weighted by Gasteiger charge is -2.31. The highest BCUT2D eigenvalue weighted by Gasteiger charge is 2.26. The van der Waals surface area contributed by atoms with Crippen molar-refractivity contribution in [2.45, 2.75) is 27.2 Å². The van der Waals surface area contributed by atoms with Crippen molar-refractivity contribution in [1.29, 1.82) is 0 Å². The fraction of sp³-hybridized carbons (Fsp3) is 0.571. The van der Waals surface area contributed by atoms with Gasteiger partial charge in [-0.05, 0) is 42.0 Å². The third-order valence-electron chi connectivity index (χ3n) is 3.45. The van der Waals surface area contributed by atoms with Crippen LogP contribution in [0.2, 0.25) is 0 Å². The molecule has 3 heteroatoms. The zero-order chi connectivity index (χ0) is 12.9. The second kappa shape index (κ2) is 6.79. The maximum atomic E-state index is 5.77. The zero-order valence-electron chi connectivity index (χ0n) is 10.7. The van der Waals surface area contributed by atoms with E-state index in [1.165, 1.54) is 0 Å². The van der Waals surface area contributed by atoms with Crippen molar-refractivity contribution < 1.29 is 4.74 Å². The smallest absolute Gasteiger partial charge is 0.119 e. The third kappa shape index (κ3) is 4.63. The average Bonchev–Trinajstić information content (AvgIpc) is 2.31. The molecule has 1 atom stereocenters. The first-order chi connectivity index (χ1) is 7.98. The van der Waals surface area contributed by atoms with Gasteiger partial charge in [-0.25, -0.2) is 0 Å². The summed E-state index contributed by atoms with van der Waals surface area (Å²) in [5, 5.41) is 1.02. The molecule has 0 amide bonds. The van der Waals surface area contributed by atoms with Crippen molar-refractivity contribution in [3.8, 4) is 5.75 Å². The summed E-state index contributed by atoms with van der Waals surface area (Å²) in [4.78, 5) is 0. The van der Waals surface area contributed by atoms with Crippen molar-refractivity contribution >= 4 is 31.9 Å². The predicted octanol–water partition coefficient (Wildman–Crippen LogP) is 5.28. The van der Waals surface area contributed by atoms with Gasteiger partial charge in [-0.2, -0.15) is 0 Å². The zero-order valence-corrected chi connectivity index (χ0v) is 13.8. The highest BCUT2D eigenvalue weighted by atomic mass is 79.9. The lowest BCUT2D eigenvalue weighted by molar-refractivity contribution is 0.181. The van der Waals surface area contributed by atoms with E-state index in [4.69, 9.17) is 4.74 Å². The molecule has 0 radical (unpaired) electrons. The van der Waals surface area contributed by atoms with E-state index in [1.807, 2.05) is 24.3 Å². The highest BCUT2D eigenvalue weighted by molar-refractivity contribution is 9.10. The minimum atomic E-state index is 0.301. The number of rotatable bonds is 6. The van der Waals surface area contributed by atoms with Crippen LogP contribution in [-0.4, -0.2) is 11.9 Å². The lowest BCUT2D eigenvalue weighted by atomic mass is 9.78. The minimum absolute atomic E-state index is 0.301. The Morgan fingerprint density at radius 2 is 1.82 bits per heavy atom. The van der Waals surface area contributed by atoms with Gasteiger partial charge in [0, 0.05) is 9.80 Å².